The molecule has 0 bridgehead atoms. The van der Waals surface area contributed by atoms with Gasteiger partial charge in [0.25, 0.3) is 5.91 Å². The highest BCUT2D eigenvalue weighted by atomic mass is 16.3. The Kier molecular flexibility index (Phi) is 3.23. The van der Waals surface area contributed by atoms with Gasteiger partial charge in [-0.15, -0.1) is 0 Å². The van der Waals surface area contributed by atoms with Crippen molar-refractivity contribution >= 4 is 16.7 Å². The second-order valence-electron chi connectivity index (χ2n) is 4.60. The number of aromatic hydroxyl groups is 2. The van der Waals surface area contributed by atoms with Crippen LogP contribution < -0.4 is 5.32 Å². The molecule has 0 unspecified atom stereocenters. The van der Waals surface area contributed by atoms with Crippen molar-refractivity contribution in [3.63, 3.8) is 0 Å². The molecule has 5 heteroatoms. The third-order valence-electron chi connectivity index (χ3n) is 3.23. The van der Waals surface area contributed by atoms with E-state index >= 15 is 0 Å². The van der Waals surface area contributed by atoms with Gasteiger partial charge in [0.1, 0.15) is 22.8 Å². The standard InChI is InChI=1S/C16H13NO4/c18-13-8-10-4-1-2-6-12(10)15(19)14(13)16(20)17-9-11-5-3-7-21-11/h1-8,18-19H,9H2,(H,17,20). The van der Waals surface area contributed by atoms with Crippen molar-refractivity contribution in [2.45, 2.75) is 6.54 Å². The van der Waals surface area contributed by atoms with Crippen LogP contribution in [-0.4, -0.2) is 16.1 Å². The average molecular weight is 283 g/mol. The number of phenols is 2. The lowest BCUT2D eigenvalue weighted by Gasteiger charge is -2.10. The van der Waals surface area contributed by atoms with E-state index in [4.69, 9.17) is 4.42 Å². The predicted molar refractivity (Wildman–Crippen MR) is 77.2 cm³/mol. The largest absolute Gasteiger partial charge is 0.507 e. The van der Waals surface area contributed by atoms with Crippen LogP contribution in [0.1, 0.15) is 16.1 Å². The minimum absolute atomic E-state index is 0.139. The first kappa shape index (κ1) is 13.1. The molecule has 2 aromatic carbocycles. The molecule has 0 fully saturated rings. The number of hydrogen-bond acceptors (Lipinski definition) is 4. The van der Waals surface area contributed by atoms with E-state index in [0.717, 1.165) is 0 Å². The number of rotatable bonds is 3. The normalized spacial score (nSPS) is 10.7. The quantitative estimate of drug-likeness (QED) is 0.690. The van der Waals surface area contributed by atoms with E-state index in [-0.39, 0.29) is 23.6 Å². The number of nitrogens with one attached hydrogen (secondary N) is 1. The Bertz CT molecular complexity index is 793. The SMILES string of the molecule is O=C(NCc1ccco1)c1c(O)cc2ccccc2c1O. The number of hydrogen-bond donors (Lipinski definition) is 3. The molecule has 1 aromatic heterocycles. The third-order valence-corrected chi connectivity index (χ3v) is 3.23. The van der Waals surface area contributed by atoms with E-state index in [1.54, 1.807) is 36.4 Å². The monoisotopic (exact) mass is 283 g/mol. The minimum atomic E-state index is -0.563. The minimum Gasteiger partial charge on any atom is -0.507 e. The Morgan fingerprint density at radius 1 is 1.14 bits per heavy atom. The van der Waals surface area contributed by atoms with Gasteiger partial charge in [-0.25, -0.2) is 0 Å². The molecule has 3 aromatic rings. The summed E-state index contributed by atoms with van der Waals surface area (Å²) in [5.74, 6) is -0.471. The summed E-state index contributed by atoms with van der Waals surface area (Å²) in [5.41, 5.74) is -0.139. The zero-order valence-electron chi connectivity index (χ0n) is 11.0. The topological polar surface area (TPSA) is 82.7 Å². The van der Waals surface area contributed by atoms with E-state index in [0.29, 0.717) is 16.5 Å². The van der Waals surface area contributed by atoms with Crippen LogP contribution in [0.2, 0.25) is 0 Å². The summed E-state index contributed by atoms with van der Waals surface area (Å²) in [7, 11) is 0. The Balaban J connectivity index is 1.93. The molecule has 106 valence electrons. The molecule has 0 aliphatic rings. The van der Waals surface area contributed by atoms with Crippen LogP contribution in [0.5, 0.6) is 11.5 Å². The van der Waals surface area contributed by atoms with Gasteiger partial charge in [-0.2, -0.15) is 0 Å². The summed E-state index contributed by atoms with van der Waals surface area (Å²) >= 11 is 0. The van der Waals surface area contributed by atoms with Crippen LogP contribution in [0.25, 0.3) is 10.8 Å². The van der Waals surface area contributed by atoms with Gasteiger partial charge in [-0.05, 0) is 23.6 Å². The van der Waals surface area contributed by atoms with Crippen molar-refractivity contribution in [3.8, 4) is 11.5 Å². The molecule has 1 amide bonds. The number of amides is 1. The Morgan fingerprint density at radius 3 is 2.71 bits per heavy atom. The van der Waals surface area contributed by atoms with Gasteiger partial charge >= 0.3 is 0 Å². The molecular formula is C16H13NO4. The van der Waals surface area contributed by atoms with Gasteiger partial charge in [-0.1, -0.05) is 24.3 Å². The summed E-state index contributed by atoms with van der Waals surface area (Å²) in [5, 5.41) is 24.0. The van der Waals surface area contributed by atoms with Crippen LogP contribution in [0, 0.1) is 0 Å². The smallest absolute Gasteiger partial charge is 0.259 e. The fourth-order valence-corrected chi connectivity index (χ4v) is 2.21. The molecule has 5 nitrogen and oxygen atoms in total. The molecule has 0 aliphatic carbocycles. The van der Waals surface area contributed by atoms with Gasteiger partial charge in [0.05, 0.1) is 12.8 Å². The highest BCUT2D eigenvalue weighted by Gasteiger charge is 2.19. The first-order valence-electron chi connectivity index (χ1n) is 6.41. The maximum Gasteiger partial charge on any atom is 0.259 e. The summed E-state index contributed by atoms with van der Waals surface area (Å²) in [4.78, 5) is 12.2. The van der Waals surface area contributed by atoms with E-state index in [1.165, 1.54) is 12.3 Å². The third kappa shape index (κ3) is 2.41. The van der Waals surface area contributed by atoms with Gasteiger partial charge in [0.15, 0.2) is 0 Å². The zero-order valence-corrected chi connectivity index (χ0v) is 11.0. The molecule has 0 radical (unpaired) electrons. The summed E-state index contributed by atoms with van der Waals surface area (Å²) in [6, 6.07) is 11.9. The Morgan fingerprint density at radius 2 is 1.95 bits per heavy atom. The van der Waals surface area contributed by atoms with Gasteiger partial charge in [0.2, 0.25) is 0 Å². The van der Waals surface area contributed by atoms with Crippen LogP contribution in [0.3, 0.4) is 0 Å². The van der Waals surface area contributed by atoms with Crippen molar-refractivity contribution < 1.29 is 19.4 Å². The molecule has 21 heavy (non-hydrogen) atoms. The van der Waals surface area contributed by atoms with Crippen molar-refractivity contribution in [3.05, 3.63) is 60.1 Å². The first-order valence-corrected chi connectivity index (χ1v) is 6.41. The van der Waals surface area contributed by atoms with E-state index in [1.807, 2.05) is 0 Å². The fraction of sp³-hybridized carbons (Fsp3) is 0.0625. The van der Waals surface area contributed by atoms with Gasteiger partial charge in [-0.3, -0.25) is 4.79 Å². The van der Waals surface area contributed by atoms with Crippen molar-refractivity contribution in [1.82, 2.24) is 5.32 Å². The summed E-state index contributed by atoms with van der Waals surface area (Å²) in [6.07, 6.45) is 1.51. The lowest BCUT2D eigenvalue weighted by atomic mass is 10.0. The summed E-state index contributed by atoms with van der Waals surface area (Å²) in [6.45, 7) is 0.178. The van der Waals surface area contributed by atoms with E-state index in [2.05, 4.69) is 5.32 Å². The van der Waals surface area contributed by atoms with Crippen LogP contribution >= 0.6 is 0 Å². The highest BCUT2D eigenvalue weighted by Crippen LogP contribution is 2.35. The second kappa shape index (κ2) is 5.20. The first-order chi connectivity index (χ1) is 10.2. The lowest BCUT2D eigenvalue weighted by Crippen LogP contribution is -2.22. The molecule has 0 saturated heterocycles. The van der Waals surface area contributed by atoms with Crippen molar-refractivity contribution in [1.29, 1.82) is 0 Å². The zero-order chi connectivity index (χ0) is 14.8. The number of phenolic OH excluding ortho intramolecular Hbond substituents is 2. The Labute approximate surface area is 120 Å². The highest BCUT2D eigenvalue weighted by molar-refractivity contribution is 6.06. The number of carbonyl (C=O) groups is 1. The van der Waals surface area contributed by atoms with Crippen molar-refractivity contribution in [2.24, 2.45) is 0 Å². The maximum absolute atomic E-state index is 12.2. The second-order valence-corrected chi connectivity index (χ2v) is 4.60. The molecule has 3 N–H and O–H groups in total. The van der Waals surface area contributed by atoms with Gasteiger partial charge in [0, 0.05) is 5.39 Å². The molecule has 3 rings (SSSR count). The maximum atomic E-state index is 12.2. The summed E-state index contributed by atoms with van der Waals surface area (Å²) < 4.78 is 5.11. The molecule has 0 saturated carbocycles. The Hall–Kier alpha value is -2.95. The number of fused-ring (bicyclic) bond motifs is 1. The van der Waals surface area contributed by atoms with Crippen LogP contribution in [-0.2, 0) is 6.54 Å². The van der Waals surface area contributed by atoms with Crippen LogP contribution in [0.15, 0.2) is 53.1 Å². The molecular weight excluding hydrogens is 270 g/mol. The lowest BCUT2D eigenvalue weighted by molar-refractivity contribution is 0.0943. The van der Waals surface area contributed by atoms with Gasteiger partial charge < -0.3 is 19.9 Å². The molecule has 0 aliphatic heterocycles. The van der Waals surface area contributed by atoms with Crippen LogP contribution in [0.4, 0.5) is 0 Å². The molecule has 1 heterocycles. The van der Waals surface area contributed by atoms with E-state index < -0.39 is 5.91 Å². The molecule has 0 atom stereocenters. The average Bonchev–Trinajstić information content (AvgIpc) is 2.98. The number of benzene rings is 2. The van der Waals surface area contributed by atoms with E-state index in [9.17, 15) is 15.0 Å². The predicted octanol–water partition coefficient (Wildman–Crippen LogP) is 2.77. The number of furan rings is 1. The number of carbonyl (C=O) groups excluding carboxylic acids is 1. The fourth-order valence-electron chi connectivity index (χ4n) is 2.21. The van der Waals surface area contributed by atoms with Crippen molar-refractivity contribution in [2.75, 3.05) is 0 Å². The molecule has 0 spiro atoms.